The van der Waals surface area contributed by atoms with E-state index in [0.29, 0.717) is 30.2 Å². The first-order chi connectivity index (χ1) is 11.9. The quantitative estimate of drug-likeness (QED) is 0.831. The minimum absolute atomic E-state index is 0.0239. The molecule has 6 nitrogen and oxygen atoms in total. The van der Waals surface area contributed by atoms with Crippen LogP contribution in [0.1, 0.15) is 37.0 Å². The molecule has 0 bridgehead atoms. The summed E-state index contributed by atoms with van der Waals surface area (Å²) in [6.07, 6.45) is 1.47. The van der Waals surface area contributed by atoms with E-state index in [2.05, 4.69) is 5.32 Å². The Morgan fingerprint density at radius 2 is 1.92 bits per heavy atom. The van der Waals surface area contributed by atoms with Gasteiger partial charge in [-0.3, -0.25) is 9.59 Å². The number of alkyl halides is 1. The summed E-state index contributed by atoms with van der Waals surface area (Å²) in [5.41, 5.74) is 0.0103. The van der Waals surface area contributed by atoms with Crippen molar-refractivity contribution >= 4 is 23.4 Å². The molecule has 0 radical (unpaired) electrons. The molecule has 1 N–H and O–H groups in total. The molecule has 0 aliphatic carbocycles. The highest BCUT2D eigenvalue weighted by Crippen LogP contribution is 2.33. The van der Waals surface area contributed by atoms with Crippen molar-refractivity contribution in [3.8, 4) is 11.5 Å². The summed E-state index contributed by atoms with van der Waals surface area (Å²) >= 11 is 5.85. The van der Waals surface area contributed by atoms with Crippen molar-refractivity contribution in [2.24, 2.45) is 5.41 Å². The molecule has 1 fully saturated rings. The summed E-state index contributed by atoms with van der Waals surface area (Å²) < 4.78 is 10.6. The molecule has 0 aromatic heterocycles. The van der Waals surface area contributed by atoms with Crippen LogP contribution in [0.5, 0.6) is 11.5 Å². The highest BCUT2D eigenvalue weighted by atomic mass is 35.5. The zero-order valence-electron chi connectivity index (χ0n) is 14.5. The summed E-state index contributed by atoms with van der Waals surface area (Å²) in [6.45, 7) is 5.07. The number of likely N-dealkylation sites (tertiary alicyclic amines) is 1. The van der Waals surface area contributed by atoms with Gasteiger partial charge in [0.05, 0.1) is 5.41 Å². The van der Waals surface area contributed by atoms with Crippen molar-refractivity contribution in [1.29, 1.82) is 0 Å². The van der Waals surface area contributed by atoms with Gasteiger partial charge in [0, 0.05) is 30.6 Å². The van der Waals surface area contributed by atoms with Gasteiger partial charge in [-0.05, 0) is 44.9 Å². The highest BCUT2D eigenvalue weighted by molar-refractivity contribution is 6.19. The van der Waals surface area contributed by atoms with Gasteiger partial charge in [-0.2, -0.15) is 0 Å². The summed E-state index contributed by atoms with van der Waals surface area (Å²) in [5, 5.41) is 3.05. The predicted molar refractivity (Wildman–Crippen MR) is 94.1 cm³/mol. The van der Waals surface area contributed by atoms with Gasteiger partial charge in [-0.1, -0.05) is 0 Å². The van der Waals surface area contributed by atoms with Gasteiger partial charge in [-0.15, -0.1) is 11.6 Å². The number of nitrogens with one attached hydrogen (secondary N) is 1. The second kappa shape index (κ2) is 7.12. The lowest BCUT2D eigenvalue weighted by atomic mass is 9.93. The number of carbonyl (C=O) groups excluding carboxylic acids is 2. The fraction of sp³-hybridized carbons (Fsp3) is 0.556. The predicted octanol–water partition coefficient (Wildman–Crippen LogP) is 2.40. The average molecular weight is 367 g/mol. The van der Waals surface area contributed by atoms with Crippen LogP contribution in [0.2, 0.25) is 0 Å². The highest BCUT2D eigenvalue weighted by Gasteiger charge is 2.31. The van der Waals surface area contributed by atoms with Gasteiger partial charge in [0.2, 0.25) is 12.7 Å². The molecule has 3 rings (SSSR count). The van der Waals surface area contributed by atoms with Gasteiger partial charge in [0.15, 0.2) is 11.5 Å². The maximum absolute atomic E-state index is 12.7. The van der Waals surface area contributed by atoms with E-state index in [-0.39, 0.29) is 30.5 Å². The standard InChI is InChI=1S/C18H23ClN2O4/c1-18(2,10-19)17(23)20-13-5-7-21(8-6-13)16(22)12-3-4-14-15(9-12)25-11-24-14/h3-4,9,13H,5-8,10-11H2,1-2H3,(H,20,23). The van der Waals surface area contributed by atoms with E-state index in [4.69, 9.17) is 21.1 Å². The van der Waals surface area contributed by atoms with Crippen molar-refractivity contribution in [3.63, 3.8) is 0 Å². The Morgan fingerprint density at radius 3 is 2.60 bits per heavy atom. The number of ether oxygens (including phenoxy) is 2. The number of piperidine rings is 1. The number of hydrogen-bond acceptors (Lipinski definition) is 4. The maximum atomic E-state index is 12.7. The third kappa shape index (κ3) is 3.84. The Labute approximate surface area is 152 Å². The number of nitrogens with zero attached hydrogens (tertiary/aromatic N) is 1. The summed E-state index contributed by atoms with van der Waals surface area (Å²) in [4.78, 5) is 26.7. The van der Waals surface area contributed by atoms with Crippen LogP contribution >= 0.6 is 11.6 Å². The van der Waals surface area contributed by atoms with Crippen LogP contribution in [-0.2, 0) is 4.79 Å². The zero-order chi connectivity index (χ0) is 18.0. The molecule has 1 saturated heterocycles. The van der Waals surface area contributed by atoms with Crippen LogP contribution < -0.4 is 14.8 Å². The van der Waals surface area contributed by atoms with E-state index in [1.54, 1.807) is 18.2 Å². The molecular weight excluding hydrogens is 344 g/mol. The third-order valence-electron chi connectivity index (χ3n) is 4.69. The van der Waals surface area contributed by atoms with E-state index < -0.39 is 5.41 Å². The van der Waals surface area contributed by atoms with Gasteiger partial charge >= 0.3 is 0 Å². The van der Waals surface area contributed by atoms with Gasteiger partial charge in [0.25, 0.3) is 5.91 Å². The van der Waals surface area contributed by atoms with E-state index in [1.807, 2.05) is 18.7 Å². The molecule has 0 spiro atoms. The second-order valence-electron chi connectivity index (χ2n) is 7.13. The van der Waals surface area contributed by atoms with E-state index in [0.717, 1.165) is 12.8 Å². The molecule has 0 saturated carbocycles. The number of rotatable bonds is 4. The molecule has 25 heavy (non-hydrogen) atoms. The van der Waals surface area contributed by atoms with Crippen molar-refractivity contribution in [2.75, 3.05) is 25.8 Å². The molecule has 0 atom stereocenters. The van der Waals surface area contributed by atoms with E-state index in [9.17, 15) is 9.59 Å². The Balaban J connectivity index is 1.55. The minimum Gasteiger partial charge on any atom is -0.454 e. The number of halogens is 1. The molecule has 1 aromatic carbocycles. The number of carbonyl (C=O) groups is 2. The van der Waals surface area contributed by atoms with Crippen LogP contribution in [0.25, 0.3) is 0 Å². The molecule has 0 unspecified atom stereocenters. The van der Waals surface area contributed by atoms with Gasteiger partial charge < -0.3 is 19.7 Å². The monoisotopic (exact) mass is 366 g/mol. The molecule has 2 amide bonds. The number of benzene rings is 1. The van der Waals surface area contributed by atoms with Crippen molar-refractivity contribution in [2.45, 2.75) is 32.7 Å². The number of hydrogen-bond donors (Lipinski definition) is 1. The molecule has 1 aromatic rings. The topological polar surface area (TPSA) is 67.9 Å². The normalized spacial score (nSPS) is 17.5. The maximum Gasteiger partial charge on any atom is 0.253 e. The van der Waals surface area contributed by atoms with Crippen molar-refractivity contribution < 1.29 is 19.1 Å². The van der Waals surface area contributed by atoms with E-state index in [1.165, 1.54) is 0 Å². The molecule has 7 heteroatoms. The lowest BCUT2D eigenvalue weighted by Crippen LogP contribution is -2.49. The first-order valence-corrected chi connectivity index (χ1v) is 9.00. The fourth-order valence-corrected chi connectivity index (χ4v) is 3.00. The van der Waals surface area contributed by atoms with Crippen LogP contribution in [0.3, 0.4) is 0 Å². The minimum atomic E-state index is -0.582. The molecule has 2 aliphatic heterocycles. The van der Waals surface area contributed by atoms with Gasteiger partial charge in [0.1, 0.15) is 0 Å². The largest absolute Gasteiger partial charge is 0.454 e. The van der Waals surface area contributed by atoms with Crippen molar-refractivity contribution in [1.82, 2.24) is 10.2 Å². The smallest absolute Gasteiger partial charge is 0.253 e. The first kappa shape index (κ1) is 17.9. The molecule has 2 heterocycles. The number of fused-ring (bicyclic) bond motifs is 1. The first-order valence-electron chi connectivity index (χ1n) is 8.46. The molecule has 2 aliphatic rings. The average Bonchev–Trinajstić information content (AvgIpc) is 3.09. The zero-order valence-corrected chi connectivity index (χ0v) is 15.3. The lowest BCUT2D eigenvalue weighted by Gasteiger charge is -2.34. The summed E-state index contributed by atoms with van der Waals surface area (Å²) in [6, 6.07) is 5.32. The summed E-state index contributed by atoms with van der Waals surface area (Å²) in [7, 11) is 0. The van der Waals surface area contributed by atoms with Crippen LogP contribution in [-0.4, -0.2) is 48.5 Å². The third-order valence-corrected chi connectivity index (χ3v) is 5.35. The molecule has 136 valence electrons. The number of amides is 2. The summed E-state index contributed by atoms with van der Waals surface area (Å²) in [5.74, 6) is 1.49. The Morgan fingerprint density at radius 1 is 1.24 bits per heavy atom. The Hall–Kier alpha value is -1.95. The SMILES string of the molecule is CC(C)(CCl)C(=O)NC1CCN(C(=O)c2ccc3c(c2)OCO3)CC1. The van der Waals surface area contributed by atoms with E-state index >= 15 is 0 Å². The van der Waals surface area contributed by atoms with Crippen molar-refractivity contribution in [3.05, 3.63) is 23.8 Å². The van der Waals surface area contributed by atoms with Crippen LogP contribution in [0, 0.1) is 5.41 Å². The fourth-order valence-electron chi connectivity index (χ4n) is 2.88. The van der Waals surface area contributed by atoms with Gasteiger partial charge in [-0.25, -0.2) is 0 Å². The molecular formula is C18H23ClN2O4. The Kier molecular flexibility index (Phi) is 5.08. The Bertz CT molecular complexity index is 669. The van der Waals surface area contributed by atoms with Crippen LogP contribution in [0.4, 0.5) is 0 Å². The second-order valence-corrected chi connectivity index (χ2v) is 7.39. The van der Waals surface area contributed by atoms with Crippen LogP contribution in [0.15, 0.2) is 18.2 Å². The lowest BCUT2D eigenvalue weighted by molar-refractivity contribution is -0.129.